The highest BCUT2D eigenvalue weighted by molar-refractivity contribution is 5.79. The highest BCUT2D eigenvalue weighted by Crippen LogP contribution is 2.29. The van der Waals surface area contributed by atoms with Gasteiger partial charge in [0.15, 0.2) is 0 Å². The normalized spacial score (nSPS) is 24.0. The zero-order valence-corrected chi connectivity index (χ0v) is 11.7. The molecule has 2 unspecified atom stereocenters. The van der Waals surface area contributed by atoms with Crippen LogP contribution >= 0.6 is 0 Å². The van der Waals surface area contributed by atoms with Gasteiger partial charge < -0.3 is 10.0 Å². The van der Waals surface area contributed by atoms with Crippen molar-refractivity contribution in [1.29, 1.82) is 0 Å². The van der Waals surface area contributed by atoms with Crippen molar-refractivity contribution in [3.8, 4) is 0 Å². The first-order valence-electron chi connectivity index (χ1n) is 6.95. The van der Waals surface area contributed by atoms with Gasteiger partial charge in [0.25, 0.3) is 0 Å². The second-order valence-corrected chi connectivity index (χ2v) is 5.66. The lowest BCUT2D eigenvalue weighted by Crippen LogP contribution is -2.47. The van der Waals surface area contributed by atoms with E-state index in [1.165, 1.54) is 6.42 Å². The van der Waals surface area contributed by atoms with Crippen LogP contribution in [0.2, 0.25) is 0 Å². The molecule has 0 heterocycles. The number of carbonyl (C=O) groups excluding carboxylic acids is 1. The van der Waals surface area contributed by atoms with Gasteiger partial charge in [0.1, 0.15) is 0 Å². The van der Waals surface area contributed by atoms with E-state index >= 15 is 0 Å². The largest absolute Gasteiger partial charge is 0.481 e. The fourth-order valence-corrected chi connectivity index (χ4v) is 2.75. The van der Waals surface area contributed by atoms with Crippen LogP contribution in [0, 0.1) is 11.8 Å². The lowest BCUT2D eigenvalue weighted by atomic mass is 9.84. The maximum Gasteiger partial charge on any atom is 0.305 e. The summed E-state index contributed by atoms with van der Waals surface area (Å²) in [5.41, 5.74) is 0. The lowest BCUT2D eigenvalue weighted by Gasteiger charge is -2.39. The molecule has 2 atom stereocenters. The Morgan fingerprint density at radius 2 is 1.89 bits per heavy atom. The summed E-state index contributed by atoms with van der Waals surface area (Å²) in [5.74, 6) is -0.321. The highest BCUT2D eigenvalue weighted by atomic mass is 16.4. The Labute approximate surface area is 109 Å². The quantitative estimate of drug-likeness (QED) is 0.821. The molecule has 1 fully saturated rings. The van der Waals surface area contributed by atoms with Gasteiger partial charge in [-0.1, -0.05) is 33.6 Å². The first-order chi connectivity index (χ1) is 8.43. The van der Waals surface area contributed by atoms with Gasteiger partial charge in [-0.05, 0) is 18.8 Å². The Morgan fingerprint density at radius 3 is 2.39 bits per heavy atom. The van der Waals surface area contributed by atoms with Crippen molar-refractivity contribution in [3.05, 3.63) is 0 Å². The Bertz CT molecular complexity index is 301. The van der Waals surface area contributed by atoms with Crippen LogP contribution in [0.25, 0.3) is 0 Å². The van der Waals surface area contributed by atoms with Crippen LogP contribution in [0.15, 0.2) is 0 Å². The first kappa shape index (κ1) is 15.0. The molecule has 4 heteroatoms. The van der Waals surface area contributed by atoms with Crippen molar-refractivity contribution in [1.82, 2.24) is 4.90 Å². The number of nitrogens with zero attached hydrogens (tertiary/aromatic N) is 1. The maximum absolute atomic E-state index is 12.2. The minimum Gasteiger partial charge on any atom is -0.481 e. The van der Waals surface area contributed by atoms with Gasteiger partial charge in [0.2, 0.25) is 5.91 Å². The molecule has 0 aliphatic heterocycles. The molecule has 1 aliphatic carbocycles. The SMILES string of the molecule is CC(C)C(=O)N(CCC(=O)O)C1CCCCC1C. The smallest absolute Gasteiger partial charge is 0.305 e. The summed E-state index contributed by atoms with van der Waals surface area (Å²) in [7, 11) is 0. The number of carbonyl (C=O) groups is 2. The summed E-state index contributed by atoms with van der Waals surface area (Å²) in [6.45, 7) is 6.28. The number of aliphatic carboxylic acids is 1. The molecule has 18 heavy (non-hydrogen) atoms. The summed E-state index contributed by atoms with van der Waals surface area (Å²) in [4.78, 5) is 24.8. The highest BCUT2D eigenvalue weighted by Gasteiger charge is 2.31. The fraction of sp³-hybridized carbons (Fsp3) is 0.857. The van der Waals surface area contributed by atoms with Gasteiger partial charge >= 0.3 is 5.97 Å². The topological polar surface area (TPSA) is 57.6 Å². The number of rotatable bonds is 5. The minimum atomic E-state index is -0.833. The number of carboxylic acids is 1. The molecule has 1 rings (SSSR count). The van der Waals surface area contributed by atoms with Crippen molar-refractivity contribution in [2.75, 3.05) is 6.54 Å². The second kappa shape index (κ2) is 6.76. The van der Waals surface area contributed by atoms with Crippen LogP contribution in [-0.2, 0) is 9.59 Å². The standard InChI is InChI=1S/C14H25NO3/c1-10(2)14(18)15(9-8-13(16)17)12-7-5-4-6-11(12)3/h10-12H,4-9H2,1-3H3,(H,16,17). The van der Waals surface area contributed by atoms with Crippen molar-refractivity contribution >= 4 is 11.9 Å². The monoisotopic (exact) mass is 255 g/mol. The molecule has 4 nitrogen and oxygen atoms in total. The average molecular weight is 255 g/mol. The second-order valence-electron chi connectivity index (χ2n) is 5.66. The van der Waals surface area contributed by atoms with E-state index in [0.29, 0.717) is 12.5 Å². The Kier molecular flexibility index (Phi) is 5.63. The van der Waals surface area contributed by atoms with Gasteiger partial charge in [0, 0.05) is 18.5 Å². The molecule has 0 aromatic carbocycles. The molecule has 0 aromatic rings. The molecule has 0 radical (unpaired) electrons. The molecular weight excluding hydrogens is 230 g/mol. The van der Waals surface area contributed by atoms with E-state index in [0.717, 1.165) is 19.3 Å². The van der Waals surface area contributed by atoms with Crippen LogP contribution in [0.3, 0.4) is 0 Å². The summed E-state index contributed by atoms with van der Waals surface area (Å²) in [6, 6.07) is 0.230. The Balaban J connectivity index is 2.74. The molecule has 0 spiro atoms. The average Bonchev–Trinajstić information content (AvgIpc) is 2.30. The first-order valence-corrected chi connectivity index (χ1v) is 6.95. The van der Waals surface area contributed by atoms with E-state index in [4.69, 9.17) is 5.11 Å². The molecule has 0 bridgehead atoms. The van der Waals surface area contributed by atoms with Crippen molar-refractivity contribution in [2.45, 2.75) is 58.9 Å². The zero-order valence-electron chi connectivity index (χ0n) is 11.7. The third-order valence-electron chi connectivity index (χ3n) is 3.81. The third kappa shape index (κ3) is 4.00. The van der Waals surface area contributed by atoms with Crippen molar-refractivity contribution in [3.63, 3.8) is 0 Å². The molecule has 1 amide bonds. The van der Waals surface area contributed by atoms with Crippen LogP contribution in [-0.4, -0.2) is 34.5 Å². The molecule has 1 aliphatic rings. The summed E-state index contributed by atoms with van der Waals surface area (Å²) < 4.78 is 0. The molecule has 0 aromatic heterocycles. The molecule has 1 N–H and O–H groups in total. The van der Waals surface area contributed by atoms with E-state index in [-0.39, 0.29) is 24.3 Å². The van der Waals surface area contributed by atoms with Crippen LogP contribution in [0.4, 0.5) is 0 Å². The lowest BCUT2D eigenvalue weighted by molar-refractivity contribution is -0.142. The van der Waals surface area contributed by atoms with Gasteiger partial charge in [-0.15, -0.1) is 0 Å². The van der Waals surface area contributed by atoms with E-state index < -0.39 is 5.97 Å². The molecule has 104 valence electrons. The summed E-state index contributed by atoms with van der Waals surface area (Å²) in [6.07, 6.45) is 4.56. The zero-order chi connectivity index (χ0) is 13.7. The third-order valence-corrected chi connectivity index (χ3v) is 3.81. The van der Waals surface area contributed by atoms with E-state index in [1.807, 2.05) is 18.7 Å². The van der Waals surface area contributed by atoms with Gasteiger partial charge in [-0.2, -0.15) is 0 Å². The van der Waals surface area contributed by atoms with Crippen molar-refractivity contribution < 1.29 is 14.7 Å². The van der Waals surface area contributed by atoms with E-state index in [1.54, 1.807) is 0 Å². The number of carboxylic acid groups (broad SMARTS) is 1. The van der Waals surface area contributed by atoms with Crippen LogP contribution in [0.5, 0.6) is 0 Å². The van der Waals surface area contributed by atoms with Crippen LogP contribution in [0.1, 0.15) is 52.9 Å². The number of hydrogen-bond acceptors (Lipinski definition) is 2. The van der Waals surface area contributed by atoms with Crippen molar-refractivity contribution in [2.24, 2.45) is 11.8 Å². The van der Waals surface area contributed by atoms with Crippen LogP contribution < -0.4 is 0 Å². The van der Waals surface area contributed by atoms with Gasteiger partial charge in [-0.25, -0.2) is 0 Å². The fourth-order valence-electron chi connectivity index (χ4n) is 2.75. The summed E-state index contributed by atoms with van der Waals surface area (Å²) >= 11 is 0. The summed E-state index contributed by atoms with van der Waals surface area (Å²) in [5, 5.41) is 8.81. The van der Waals surface area contributed by atoms with E-state index in [9.17, 15) is 9.59 Å². The predicted octanol–water partition coefficient (Wildman–Crippen LogP) is 2.52. The maximum atomic E-state index is 12.2. The minimum absolute atomic E-state index is 0.0433. The molecule has 1 saturated carbocycles. The molecular formula is C14H25NO3. The van der Waals surface area contributed by atoms with Gasteiger partial charge in [-0.3, -0.25) is 9.59 Å². The number of amides is 1. The Hall–Kier alpha value is -1.06. The van der Waals surface area contributed by atoms with Gasteiger partial charge in [0.05, 0.1) is 6.42 Å². The number of hydrogen-bond donors (Lipinski definition) is 1. The predicted molar refractivity (Wildman–Crippen MR) is 70.2 cm³/mol. The van der Waals surface area contributed by atoms with E-state index in [2.05, 4.69) is 6.92 Å². The Morgan fingerprint density at radius 1 is 1.28 bits per heavy atom. The molecule has 0 saturated heterocycles.